The smallest absolute Gasteiger partial charge is 0.244 e. The fraction of sp³-hybridized carbons (Fsp3) is 0.0588. The zero-order valence-corrected chi connectivity index (χ0v) is 14.1. The molecule has 8 nitrogen and oxygen atoms in total. The first kappa shape index (κ1) is 16.1. The van der Waals surface area contributed by atoms with Crippen LogP contribution in [0.1, 0.15) is 0 Å². The van der Waals surface area contributed by atoms with E-state index in [4.69, 9.17) is 17.3 Å². The van der Waals surface area contributed by atoms with Crippen LogP contribution in [-0.2, 0) is 11.3 Å². The molecule has 2 aromatic carbocycles. The summed E-state index contributed by atoms with van der Waals surface area (Å²) in [5.41, 5.74) is 8.17. The number of hydrogen-bond donors (Lipinski definition) is 2. The van der Waals surface area contributed by atoms with E-state index in [0.717, 1.165) is 5.52 Å². The maximum Gasteiger partial charge on any atom is 0.244 e. The van der Waals surface area contributed by atoms with E-state index in [1.807, 2.05) is 24.3 Å². The summed E-state index contributed by atoms with van der Waals surface area (Å²) in [7, 11) is 0. The van der Waals surface area contributed by atoms with Crippen molar-refractivity contribution in [3.05, 3.63) is 53.6 Å². The SMILES string of the molecule is Nc1nonc1-c1nc2ccccc2n1CC(=O)Nc1cccc(Cl)c1. The van der Waals surface area contributed by atoms with Gasteiger partial charge in [0, 0.05) is 10.7 Å². The van der Waals surface area contributed by atoms with Crippen LogP contribution in [0.5, 0.6) is 0 Å². The van der Waals surface area contributed by atoms with Crippen molar-refractivity contribution in [1.29, 1.82) is 0 Å². The molecular weight excluding hydrogens is 356 g/mol. The van der Waals surface area contributed by atoms with Gasteiger partial charge in [-0.2, -0.15) is 0 Å². The molecule has 4 aromatic rings. The lowest BCUT2D eigenvalue weighted by Gasteiger charge is -2.09. The van der Waals surface area contributed by atoms with Gasteiger partial charge in [-0.15, -0.1) is 0 Å². The van der Waals surface area contributed by atoms with Gasteiger partial charge >= 0.3 is 0 Å². The summed E-state index contributed by atoms with van der Waals surface area (Å²) in [6.07, 6.45) is 0. The number of benzene rings is 2. The van der Waals surface area contributed by atoms with Crippen LogP contribution in [-0.4, -0.2) is 25.8 Å². The molecule has 0 bridgehead atoms. The number of anilines is 2. The van der Waals surface area contributed by atoms with Crippen LogP contribution in [0.15, 0.2) is 53.2 Å². The molecule has 0 atom stereocenters. The third-order valence-corrected chi connectivity index (χ3v) is 4.03. The van der Waals surface area contributed by atoms with Gasteiger partial charge in [0.05, 0.1) is 11.0 Å². The lowest BCUT2D eigenvalue weighted by molar-refractivity contribution is -0.116. The molecule has 1 amide bonds. The van der Waals surface area contributed by atoms with Gasteiger partial charge in [-0.3, -0.25) is 4.79 Å². The lowest BCUT2D eigenvalue weighted by Crippen LogP contribution is -2.19. The molecule has 9 heteroatoms. The second kappa shape index (κ2) is 6.49. The molecule has 2 heterocycles. The maximum absolute atomic E-state index is 12.5. The van der Waals surface area contributed by atoms with Gasteiger partial charge in [-0.05, 0) is 40.6 Å². The van der Waals surface area contributed by atoms with Crippen LogP contribution in [0, 0.1) is 0 Å². The molecule has 0 aliphatic carbocycles. The summed E-state index contributed by atoms with van der Waals surface area (Å²) >= 11 is 5.95. The van der Waals surface area contributed by atoms with Crippen molar-refractivity contribution in [2.24, 2.45) is 0 Å². The lowest BCUT2D eigenvalue weighted by atomic mass is 10.3. The number of imidazole rings is 1. The largest absolute Gasteiger partial charge is 0.379 e. The quantitative estimate of drug-likeness (QED) is 0.572. The summed E-state index contributed by atoms with van der Waals surface area (Å²) < 4.78 is 6.38. The number of carbonyl (C=O) groups excluding carboxylic acids is 1. The molecule has 0 unspecified atom stereocenters. The number of carbonyl (C=O) groups is 1. The standard InChI is InChI=1S/C17H13ClN6O2/c18-10-4-3-5-11(8-10)20-14(25)9-24-13-7-2-1-6-12(13)21-17(24)15-16(19)23-26-22-15/h1-8H,9H2,(H2,19,23)(H,20,25). The van der Waals surface area contributed by atoms with Gasteiger partial charge < -0.3 is 15.6 Å². The second-order valence-electron chi connectivity index (χ2n) is 5.57. The number of nitrogens with zero attached hydrogens (tertiary/aromatic N) is 4. The molecule has 130 valence electrons. The normalized spacial score (nSPS) is 11.0. The molecule has 0 aliphatic heterocycles. The highest BCUT2D eigenvalue weighted by atomic mass is 35.5. The van der Waals surface area contributed by atoms with Crippen molar-refractivity contribution in [3.63, 3.8) is 0 Å². The number of fused-ring (bicyclic) bond motifs is 1. The molecule has 4 rings (SSSR count). The van der Waals surface area contributed by atoms with Gasteiger partial charge in [0.25, 0.3) is 0 Å². The highest BCUT2D eigenvalue weighted by molar-refractivity contribution is 6.30. The Morgan fingerprint density at radius 1 is 1.19 bits per heavy atom. The molecule has 26 heavy (non-hydrogen) atoms. The zero-order chi connectivity index (χ0) is 18.1. The van der Waals surface area contributed by atoms with Gasteiger partial charge in [-0.1, -0.05) is 29.8 Å². The average molecular weight is 369 g/mol. The number of para-hydroxylation sites is 2. The summed E-state index contributed by atoms with van der Waals surface area (Å²) in [4.78, 5) is 17.1. The Labute approximate surface area is 152 Å². The number of halogens is 1. The molecule has 0 aliphatic rings. The molecule has 0 spiro atoms. The van der Waals surface area contributed by atoms with Crippen LogP contribution in [0.25, 0.3) is 22.6 Å². The monoisotopic (exact) mass is 368 g/mol. The number of aromatic nitrogens is 4. The van der Waals surface area contributed by atoms with Crippen molar-refractivity contribution in [3.8, 4) is 11.5 Å². The van der Waals surface area contributed by atoms with E-state index in [2.05, 4.69) is 25.2 Å². The number of hydrogen-bond acceptors (Lipinski definition) is 6. The van der Waals surface area contributed by atoms with E-state index >= 15 is 0 Å². The van der Waals surface area contributed by atoms with Gasteiger partial charge in [0.1, 0.15) is 6.54 Å². The number of nitrogens with two attached hydrogens (primary N) is 1. The Morgan fingerprint density at radius 3 is 2.81 bits per heavy atom. The van der Waals surface area contributed by atoms with Crippen molar-refractivity contribution in [2.45, 2.75) is 6.54 Å². The Hall–Kier alpha value is -3.39. The van der Waals surface area contributed by atoms with Crippen molar-refractivity contribution >= 4 is 40.0 Å². The summed E-state index contributed by atoms with van der Waals surface area (Å²) in [5, 5.41) is 10.7. The van der Waals surface area contributed by atoms with Crippen LogP contribution < -0.4 is 11.1 Å². The van der Waals surface area contributed by atoms with Crippen molar-refractivity contribution in [1.82, 2.24) is 19.9 Å². The highest BCUT2D eigenvalue weighted by Gasteiger charge is 2.20. The number of nitrogen functional groups attached to an aromatic ring is 1. The van der Waals surface area contributed by atoms with E-state index in [1.165, 1.54) is 0 Å². The Bertz CT molecular complexity index is 1100. The van der Waals surface area contributed by atoms with Gasteiger partial charge in [0.2, 0.25) is 5.91 Å². The number of amides is 1. The topological polar surface area (TPSA) is 112 Å². The van der Waals surface area contributed by atoms with E-state index in [1.54, 1.807) is 28.8 Å². The molecular formula is C17H13ClN6O2. The van der Waals surface area contributed by atoms with Crippen LogP contribution in [0.2, 0.25) is 5.02 Å². The predicted octanol–water partition coefficient (Wildman–Crippen LogP) is 2.96. The highest BCUT2D eigenvalue weighted by Crippen LogP contribution is 2.26. The Morgan fingerprint density at radius 2 is 2.04 bits per heavy atom. The summed E-state index contributed by atoms with van der Waals surface area (Å²) in [6.45, 7) is 0.00859. The molecule has 0 fully saturated rings. The van der Waals surface area contributed by atoms with Crippen LogP contribution in [0.4, 0.5) is 11.5 Å². The summed E-state index contributed by atoms with van der Waals surface area (Å²) in [6, 6.07) is 14.4. The van der Waals surface area contributed by atoms with E-state index in [0.29, 0.717) is 22.1 Å². The first-order chi connectivity index (χ1) is 12.6. The average Bonchev–Trinajstić information content (AvgIpc) is 3.18. The minimum atomic E-state index is -0.244. The van der Waals surface area contributed by atoms with Crippen LogP contribution >= 0.6 is 11.6 Å². The molecule has 0 saturated carbocycles. The zero-order valence-electron chi connectivity index (χ0n) is 13.4. The first-order valence-corrected chi connectivity index (χ1v) is 8.09. The Balaban J connectivity index is 1.71. The predicted molar refractivity (Wildman–Crippen MR) is 97.5 cm³/mol. The molecule has 2 aromatic heterocycles. The number of rotatable bonds is 4. The summed E-state index contributed by atoms with van der Waals surface area (Å²) in [5.74, 6) is 0.273. The third-order valence-electron chi connectivity index (χ3n) is 3.79. The molecule has 0 radical (unpaired) electrons. The third kappa shape index (κ3) is 2.98. The number of nitrogens with one attached hydrogen (secondary N) is 1. The minimum Gasteiger partial charge on any atom is -0.379 e. The van der Waals surface area contributed by atoms with Gasteiger partial charge in [-0.25, -0.2) is 9.61 Å². The molecule has 3 N–H and O–H groups in total. The first-order valence-electron chi connectivity index (χ1n) is 7.71. The Kier molecular flexibility index (Phi) is 4.02. The van der Waals surface area contributed by atoms with Gasteiger partial charge in [0.15, 0.2) is 17.3 Å². The minimum absolute atomic E-state index is 0.00859. The molecule has 0 saturated heterocycles. The fourth-order valence-corrected chi connectivity index (χ4v) is 2.87. The second-order valence-corrected chi connectivity index (χ2v) is 6.00. The maximum atomic E-state index is 12.5. The van der Waals surface area contributed by atoms with Crippen LogP contribution in [0.3, 0.4) is 0 Å². The fourth-order valence-electron chi connectivity index (χ4n) is 2.68. The van der Waals surface area contributed by atoms with Crippen molar-refractivity contribution in [2.75, 3.05) is 11.1 Å². The van der Waals surface area contributed by atoms with E-state index in [9.17, 15) is 4.79 Å². The van der Waals surface area contributed by atoms with Crippen molar-refractivity contribution < 1.29 is 9.42 Å². The van der Waals surface area contributed by atoms with E-state index in [-0.39, 0.29) is 24.0 Å². The van der Waals surface area contributed by atoms with E-state index < -0.39 is 0 Å².